The average Bonchev–Trinajstić information content (AvgIpc) is 2.04. The summed E-state index contributed by atoms with van der Waals surface area (Å²) in [5.74, 6) is -0.452. The van der Waals surface area contributed by atoms with Gasteiger partial charge >= 0.3 is 5.69 Å². The van der Waals surface area contributed by atoms with Gasteiger partial charge in [0.15, 0.2) is 5.75 Å². The second-order valence-electron chi connectivity index (χ2n) is 2.08. The number of nitrogens with zero attached hydrogens (tertiary/aromatic N) is 1. The lowest BCUT2D eigenvalue weighted by Gasteiger charge is -2.00. The van der Waals surface area contributed by atoms with E-state index in [9.17, 15) is 14.0 Å². The lowest BCUT2D eigenvalue weighted by molar-refractivity contribution is -0.387. The molecule has 0 aromatic heterocycles. The van der Waals surface area contributed by atoms with Gasteiger partial charge in [-0.2, -0.15) is 3.89 Å². The first-order valence-corrected chi connectivity index (χ1v) is 4.82. The van der Waals surface area contributed by atoms with Gasteiger partial charge in [0.25, 0.3) is 0 Å². The van der Waals surface area contributed by atoms with Crippen molar-refractivity contribution in [2.45, 2.75) is 4.90 Å². The van der Waals surface area contributed by atoms with Crippen LogP contribution in [0.4, 0.5) is 9.57 Å². The maximum atomic E-state index is 12.2. The summed E-state index contributed by atoms with van der Waals surface area (Å²) >= 11 is 1.53. The molecular weight excluding hydrogens is 312 g/mol. The summed E-state index contributed by atoms with van der Waals surface area (Å²) in [6, 6.07) is 2.39. The molecule has 0 saturated carbocycles. The molecule has 0 bridgehead atoms. The van der Waals surface area contributed by atoms with Crippen LogP contribution in [-0.2, 0) is 0 Å². The van der Waals surface area contributed by atoms with Crippen molar-refractivity contribution in [3.8, 4) is 5.75 Å². The molecule has 0 spiro atoms. The summed E-state index contributed by atoms with van der Waals surface area (Å²) in [5, 5.41) is 19.5. The number of hydrogen-bond donors (Lipinski definition) is 1. The minimum Gasteiger partial charge on any atom is -0.502 e. The van der Waals surface area contributed by atoms with E-state index in [1.165, 1.54) is 6.07 Å². The first-order valence-electron chi connectivity index (χ1n) is 3.02. The van der Waals surface area contributed by atoms with Crippen molar-refractivity contribution in [2.24, 2.45) is 0 Å². The molecule has 0 saturated heterocycles. The molecule has 13 heavy (non-hydrogen) atoms. The van der Waals surface area contributed by atoms with Crippen LogP contribution in [0.2, 0.25) is 0 Å². The Bertz CT molecular complexity index is 360. The third-order valence-electron chi connectivity index (χ3n) is 1.33. The Morgan fingerprint density at radius 1 is 1.62 bits per heavy atom. The number of rotatable bonds is 2. The van der Waals surface area contributed by atoms with Crippen LogP contribution < -0.4 is 0 Å². The third kappa shape index (κ3) is 2.02. The Morgan fingerprint density at radius 2 is 2.23 bits per heavy atom. The molecule has 1 N–H and O–H groups in total. The topological polar surface area (TPSA) is 63.4 Å². The highest BCUT2D eigenvalue weighted by Crippen LogP contribution is 2.37. The number of aromatic hydroxyl groups is 1. The fourth-order valence-electron chi connectivity index (χ4n) is 0.769. The Balaban J connectivity index is 3.38. The second-order valence-corrected chi connectivity index (χ2v) is 3.75. The van der Waals surface area contributed by atoms with Crippen LogP contribution >= 0.6 is 34.7 Å². The number of phenols is 1. The molecule has 0 aliphatic rings. The van der Waals surface area contributed by atoms with Crippen molar-refractivity contribution in [2.75, 3.05) is 0 Å². The van der Waals surface area contributed by atoms with Crippen molar-refractivity contribution >= 4 is 40.4 Å². The SMILES string of the molecule is O=[N+]([O-])c1c(O)ccc(SF)c1I. The van der Waals surface area contributed by atoms with Gasteiger partial charge in [0.1, 0.15) is 3.57 Å². The minimum absolute atomic E-state index is 0.0874. The van der Waals surface area contributed by atoms with Crippen LogP contribution in [0.3, 0.4) is 0 Å². The number of phenolic OH excluding ortho intramolecular Hbond substituents is 1. The molecule has 0 aliphatic carbocycles. The highest BCUT2D eigenvalue weighted by atomic mass is 127. The van der Waals surface area contributed by atoms with Crippen molar-refractivity contribution in [3.05, 3.63) is 25.8 Å². The predicted molar refractivity (Wildman–Crippen MR) is 54.4 cm³/mol. The van der Waals surface area contributed by atoms with Crippen LogP contribution in [0, 0.1) is 13.7 Å². The Labute approximate surface area is 90.7 Å². The van der Waals surface area contributed by atoms with Crippen molar-refractivity contribution in [3.63, 3.8) is 0 Å². The van der Waals surface area contributed by atoms with Crippen molar-refractivity contribution in [1.29, 1.82) is 0 Å². The Kier molecular flexibility index (Phi) is 3.31. The van der Waals surface area contributed by atoms with E-state index < -0.39 is 16.4 Å². The summed E-state index contributed by atoms with van der Waals surface area (Å²) in [4.78, 5) is 9.81. The molecule has 0 atom stereocenters. The smallest absolute Gasteiger partial charge is 0.325 e. The van der Waals surface area contributed by atoms with Crippen molar-refractivity contribution < 1.29 is 13.9 Å². The Hall–Kier alpha value is -0.570. The normalized spacial score (nSPS) is 10.0. The van der Waals surface area contributed by atoms with Gasteiger partial charge in [0.2, 0.25) is 0 Å². The van der Waals surface area contributed by atoms with Gasteiger partial charge in [0, 0.05) is 0 Å². The molecule has 0 heterocycles. The largest absolute Gasteiger partial charge is 0.502 e. The molecule has 0 amide bonds. The first kappa shape index (κ1) is 10.5. The number of nitro benzene ring substituents is 1. The average molecular weight is 315 g/mol. The second kappa shape index (κ2) is 4.09. The van der Waals surface area contributed by atoms with Gasteiger partial charge < -0.3 is 5.11 Å². The summed E-state index contributed by atoms with van der Waals surface area (Å²) in [6.45, 7) is 0. The van der Waals surface area contributed by atoms with E-state index in [1.807, 2.05) is 0 Å². The maximum absolute atomic E-state index is 12.2. The van der Waals surface area contributed by atoms with Crippen LogP contribution in [0.15, 0.2) is 17.0 Å². The van der Waals surface area contributed by atoms with E-state index in [0.29, 0.717) is 0 Å². The maximum Gasteiger partial charge on any atom is 0.325 e. The number of benzene rings is 1. The van der Waals surface area contributed by atoms with E-state index >= 15 is 0 Å². The van der Waals surface area contributed by atoms with Crippen LogP contribution in [-0.4, -0.2) is 10.0 Å². The zero-order chi connectivity index (χ0) is 10.0. The monoisotopic (exact) mass is 315 g/mol. The van der Waals surface area contributed by atoms with E-state index in [2.05, 4.69) is 0 Å². The van der Waals surface area contributed by atoms with Gasteiger partial charge in [-0.25, -0.2) is 0 Å². The fraction of sp³-hybridized carbons (Fsp3) is 0. The zero-order valence-electron chi connectivity index (χ0n) is 6.03. The quantitative estimate of drug-likeness (QED) is 0.518. The minimum atomic E-state index is -0.739. The molecule has 0 fully saturated rings. The fourth-order valence-corrected chi connectivity index (χ4v) is 1.96. The molecule has 1 aromatic rings. The van der Waals surface area contributed by atoms with Crippen LogP contribution in [0.1, 0.15) is 0 Å². The van der Waals surface area contributed by atoms with E-state index in [4.69, 9.17) is 5.11 Å². The van der Waals surface area contributed by atoms with Gasteiger partial charge in [-0.15, -0.1) is 0 Å². The molecule has 0 radical (unpaired) electrons. The number of halogens is 2. The zero-order valence-corrected chi connectivity index (χ0v) is 9.00. The molecule has 1 rings (SSSR count). The lowest BCUT2D eigenvalue weighted by atomic mass is 10.3. The van der Waals surface area contributed by atoms with Gasteiger partial charge in [-0.3, -0.25) is 10.1 Å². The molecule has 7 heteroatoms. The van der Waals surface area contributed by atoms with Gasteiger partial charge in [0.05, 0.1) is 22.0 Å². The number of hydrogen-bond acceptors (Lipinski definition) is 4. The molecule has 0 aliphatic heterocycles. The molecule has 4 nitrogen and oxygen atoms in total. The summed E-state index contributed by atoms with van der Waals surface area (Å²) in [5.41, 5.74) is -0.455. The highest BCUT2D eigenvalue weighted by Gasteiger charge is 2.21. The molecular formula is C6H3FINO3S. The van der Waals surface area contributed by atoms with Gasteiger partial charge in [-0.1, -0.05) is 0 Å². The standard InChI is InChI=1S/C6H3FINO3S/c7-13-4-2-1-3(10)6(5(4)8)9(11)12/h1-2,10H. The highest BCUT2D eigenvalue weighted by molar-refractivity contribution is 14.1. The van der Waals surface area contributed by atoms with E-state index in [0.717, 1.165) is 6.07 Å². The van der Waals surface area contributed by atoms with Crippen LogP contribution in [0.25, 0.3) is 0 Å². The third-order valence-corrected chi connectivity index (χ3v) is 3.29. The summed E-state index contributed by atoms with van der Waals surface area (Å²) in [7, 11) is 0. The van der Waals surface area contributed by atoms with Crippen molar-refractivity contribution in [1.82, 2.24) is 0 Å². The van der Waals surface area contributed by atoms with Crippen LogP contribution in [0.5, 0.6) is 5.75 Å². The first-order chi connectivity index (χ1) is 6.07. The summed E-state index contributed by atoms with van der Waals surface area (Å²) < 4.78 is 12.3. The van der Waals surface area contributed by atoms with E-state index in [-0.39, 0.29) is 20.6 Å². The molecule has 70 valence electrons. The van der Waals surface area contributed by atoms with E-state index in [1.54, 1.807) is 22.6 Å². The number of nitro groups is 1. The molecule has 1 aromatic carbocycles. The summed E-state index contributed by atoms with van der Waals surface area (Å²) in [6.07, 6.45) is 0. The Morgan fingerprint density at radius 3 is 2.69 bits per heavy atom. The molecule has 0 unspecified atom stereocenters. The van der Waals surface area contributed by atoms with Gasteiger partial charge in [-0.05, 0) is 34.7 Å². The predicted octanol–water partition coefficient (Wildman–Crippen LogP) is 2.88. The lowest BCUT2D eigenvalue weighted by Crippen LogP contribution is -1.93.